The van der Waals surface area contributed by atoms with Gasteiger partial charge in [-0.15, -0.1) is 0 Å². The summed E-state index contributed by atoms with van der Waals surface area (Å²) >= 11 is 0. The third kappa shape index (κ3) is 3.63. The van der Waals surface area contributed by atoms with Crippen molar-refractivity contribution in [2.75, 3.05) is 20.1 Å². The molecule has 0 fully saturated rings. The van der Waals surface area contributed by atoms with Crippen molar-refractivity contribution in [2.24, 2.45) is 0 Å². The van der Waals surface area contributed by atoms with E-state index in [1.807, 2.05) is 11.9 Å². The zero-order chi connectivity index (χ0) is 6.41. The number of nitrogens with zero attached hydrogens (tertiary/aromatic N) is 2. The summed E-state index contributed by atoms with van der Waals surface area (Å²) in [5, 5.41) is 8.17. The summed E-state index contributed by atoms with van der Waals surface area (Å²) in [6, 6.07) is 2.08. The van der Waals surface area contributed by atoms with Gasteiger partial charge in [0.05, 0.1) is 12.6 Å². The molecule has 0 amide bonds. The summed E-state index contributed by atoms with van der Waals surface area (Å²) in [6.07, 6.45) is 1.12. The fourth-order valence-electron chi connectivity index (χ4n) is 0.581. The fourth-order valence-corrected chi connectivity index (χ4v) is 0.581. The van der Waals surface area contributed by atoms with E-state index >= 15 is 0 Å². The van der Waals surface area contributed by atoms with Crippen LogP contribution >= 0.6 is 0 Å². The van der Waals surface area contributed by atoms with Crippen LogP contribution in [0.3, 0.4) is 0 Å². The maximum Gasteiger partial charge on any atom is 0.0863 e. The molecule has 0 aromatic heterocycles. The molecule has 0 radical (unpaired) electrons. The lowest BCUT2D eigenvalue weighted by atomic mass is 10.4. The molecule has 0 aromatic carbocycles. The molecule has 0 aliphatic heterocycles. The summed E-state index contributed by atoms with van der Waals surface area (Å²) in [5.41, 5.74) is 0. The molecular weight excluding hydrogens is 100 g/mol. The minimum Gasteiger partial charge on any atom is -0.294 e. The van der Waals surface area contributed by atoms with Crippen LogP contribution in [0.15, 0.2) is 0 Å². The Morgan fingerprint density at radius 2 is 2.25 bits per heavy atom. The number of hydrogen-bond acceptors (Lipinski definition) is 2. The minimum atomic E-state index is 0.549. The van der Waals surface area contributed by atoms with Gasteiger partial charge in [0.25, 0.3) is 0 Å². The van der Waals surface area contributed by atoms with E-state index in [4.69, 9.17) is 5.26 Å². The SMILES string of the molecule is CCCN(C)CC#N. The van der Waals surface area contributed by atoms with Gasteiger partial charge in [-0.05, 0) is 20.0 Å². The van der Waals surface area contributed by atoms with E-state index < -0.39 is 0 Å². The number of nitriles is 1. The highest BCUT2D eigenvalue weighted by Crippen LogP contribution is 1.82. The van der Waals surface area contributed by atoms with Crippen molar-refractivity contribution < 1.29 is 0 Å². The molecule has 0 spiro atoms. The van der Waals surface area contributed by atoms with E-state index in [-0.39, 0.29) is 0 Å². The second-order valence-electron chi connectivity index (χ2n) is 1.90. The predicted molar refractivity (Wildman–Crippen MR) is 33.4 cm³/mol. The van der Waals surface area contributed by atoms with Gasteiger partial charge >= 0.3 is 0 Å². The average Bonchev–Trinajstić information content (AvgIpc) is 1.68. The summed E-state index contributed by atoms with van der Waals surface area (Å²) in [4.78, 5) is 2.00. The summed E-state index contributed by atoms with van der Waals surface area (Å²) in [6.45, 7) is 3.68. The normalized spacial score (nSPS) is 9.25. The van der Waals surface area contributed by atoms with E-state index in [2.05, 4.69) is 13.0 Å². The first kappa shape index (κ1) is 7.45. The lowest BCUT2D eigenvalue weighted by Crippen LogP contribution is -2.18. The predicted octanol–water partition coefficient (Wildman–Crippen LogP) is 0.852. The molecule has 0 bridgehead atoms. The smallest absolute Gasteiger partial charge is 0.0863 e. The van der Waals surface area contributed by atoms with Crippen LogP contribution in [0.1, 0.15) is 13.3 Å². The van der Waals surface area contributed by atoms with Gasteiger partial charge in [-0.3, -0.25) is 4.90 Å². The minimum absolute atomic E-state index is 0.549. The van der Waals surface area contributed by atoms with Crippen LogP contribution in [0.4, 0.5) is 0 Å². The van der Waals surface area contributed by atoms with Crippen molar-refractivity contribution in [3.63, 3.8) is 0 Å². The molecule has 0 aliphatic rings. The third-order valence-corrected chi connectivity index (χ3v) is 0.946. The van der Waals surface area contributed by atoms with E-state index in [0.29, 0.717) is 6.54 Å². The third-order valence-electron chi connectivity index (χ3n) is 0.946. The molecule has 0 atom stereocenters. The zero-order valence-corrected chi connectivity index (χ0v) is 5.52. The molecule has 2 nitrogen and oxygen atoms in total. The Kier molecular flexibility index (Phi) is 4.29. The van der Waals surface area contributed by atoms with Gasteiger partial charge < -0.3 is 0 Å². The van der Waals surface area contributed by atoms with Gasteiger partial charge in [0, 0.05) is 0 Å². The Hall–Kier alpha value is -0.550. The topological polar surface area (TPSA) is 27.0 Å². The Labute approximate surface area is 50.7 Å². The fraction of sp³-hybridized carbons (Fsp3) is 0.833. The highest BCUT2D eigenvalue weighted by atomic mass is 15.1. The first-order valence-corrected chi connectivity index (χ1v) is 2.86. The van der Waals surface area contributed by atoms with Gasteiger partial charge in [0.1, 0.15) is 0 Å². The van der Waals surface area contributed by atoms with Gasteiger partial charge in [0.2, 0.25) is 0 Å². The quantitative estimate of drug-likeness (QED) is 0.506. The lowest BCUT2D eigenvalue weighted by molar-refractivity contribution is 0.375. The molecule has 0 aromatic rings. The van der Waals surface area contributed by atoms with Crippen LogP contribution in [0, 0.1) is 11.3 Å². The van der Waals surface area contributed by atoms with Gasteiger partial charge in [-0.2, -0.15) is 5.26 Å². The molecule has 0 rings (SSSR count). The van der Waals surface area contributed by atoms with Crippen LogP contribution in [-0.4, -0.2) is 25.0 Å². The zero-order valence-electron chi connectivity index (χ0n) is 5.52. The number of rotatable bonds is 3. The van der Waals surface area contributed by atoms with Crippen LogP contribution in [0.5, 0.6) is 0 Å². The second kappa shape index (κ2) is 4.61. The Bertz CT molecular complexity index is 83.0. The van der Waals surface area contributed by atoms with Crippen LogP contribution < -0.4 is 0 Å². The highest BCUT2D eigenvalue weighted by Gasteiger charge is 1.90. The summed E-state index contributed by atoms with van der Waals surface area (Å²) < 4.78 is 0. The monoisotopic (exact) mass is 112 g/mol. The summed E-state index contributed by atoms with van der Waals surface area (Å²) in [5.74, 6) is 0. The molecule has 2 heteroatoms. The Morgan fingerprint density at radius 1 is 1.62 bits per heavy atom. The maximum atomic E-state index is 8.17. The largest absolute Gasteiger partial charge is 0.294 e. The van der Waals surface area contributed by atoms with E-state index in [1.165, 1.54) is 0 Å². The molecule has 46 valence electrons. The Balaban J connectivity index is 3.08. The van der Waals surface area contributed by atoms with E-state index in [1.54, 1.807) is 0 Å². The van der Waals surface area contributed by atoms with Crippen LogP contribution in [-0.2, 0) is 0 Å². The van der Waals surface area contributed by atoms with Gasteiger partial charge in [0.15, 0.2) is 0 Å². The van der Waals surface area contributed by atoms with E-state index in [0.717, 1.165) is 13.0 Å². The van der Waals surface area contributed by atoms with Crippen molar-refractivity contribution in [3.8, 4) is 6.07 Å². The molecule has 0 heterocycles. The second-order valence-corrected chi connectivity index (χ2v) is 1.90. The highest BCUT2D eigenvalue weighted by molar-refractivity contribution is 4.73. The molecule has 0 aliphatic carbocycles. The maximum absolute atomic E-state index is 8.17. The molecular formula is C6H12N2. The average molecular weight is 112 g/mol. The molecule has 0 saturated heterocycles. The van der Waals surface area contributed by atoms with Crippen molar-refractivity contribution in [2.45, 2.75) is 13.3 Å². The van der Waals surface area contributed by atoms with Crippen molar-refractivity contribution >= 4 is 0 Å². The first-order valence-electron chi connectivity index (χ1n) is 2.86. The van der Waals surface area contributed by atoms with Gasteiger partial charge in [-0.1, -0.05) is 6.92 Å². The van der Waals surface area contributed by atoms with Gasteiger partial charge in [-0.25, -0.2) is 0 Å². The summed E-state index contributed by atoms with van der Waals surface area (Å²) in [7, 11) is 1.95. The Morgan fingerprint density at radius 3 is 2.62 bits per heavy atom. The molecule has 0 saturated carbocycles. The molecule has 0 unspecified atom stereocenters. The van der Waals surface area contributed by atoms with E-state index in [9.17, 15) is 0 Å². The van der Waals surface area contributed by atoms with Crippen LogP contribution in [0.2, 0.25) is 0 Å². The van der Waals surface area contributed by atoms with Crippen molar-refractivity contribution in [1.82, 2.24) is 4.90 Å². The lowest BCUT2D eigenvalue weighted by Gasteiger charge is -2.08. The van der Waals surface area contributed by atoms with Crippen molar-refractivity contribution in [3.05, 3.63) is 0 Å². The first-order chi connectivity index (χ1) is 3.81. The van der Waals surface area contributed by atoms with Crippen LogP contribution in [0.25, 0.3) is 0 Å². The van der Waals surface area contributed by atoms with Crippen molar-refractivity contribution in [1.29, 1.82) is 5.26 Å². The number of hydrogen-bond donors (Lipinski definition) is 0. The molecule has 0 N–H and O–H groups in total. The molecule has 8 heavy (non-hydrogen) atoms. The standard InChI is InChI=1S/C6H12N2/c1-3-5-8(2)6-4-7/h3,5-6H2,1-2H3.